The summed E-state index contributed by atoms with van der Waals surface area (Å²) in [4.78, 5) is 22.6. The molecule has 0 unspecified atom stereocenters. The minimum atomic E-state index is -0.0169. The Morgan fingerprint density at radius 3 is 2.63 bits per heavy atom. The predicted molar refractivity (Wildman–Crippen MR) is 121 cm³/mol. The lowest BCUT2D eigenvalue weighted by Crippen LogP contribution is -2.42. The van der Waals surface area contributed by atoms with Gasteiger partial charge in [0, 0.05) is 37.1 Å². The summed E-state index contributed by atoms with van der Waals surface area (Å²) < 4.78 is 5.44. The number of fused-ring (bicyclic) bond motifs is 2. The Labute approximate surface area is 176 Å². The van der Waals surface area contributed by atoms with E-state index < -0.39 is 0 Å². The predicted octanol–water partition coefficient (Wildman–Crippen LogP) is 3.95. The van der Waals surface area contributed by atoms with Crippen LogP contribution < -0.4 is 4.90 Å². The summed E-state index contributed by atoms with van der Waals surface area (Å²) in [5, 5.41) is 2.18. The van der Waals surface area contributed by atoms with Gasteiger partial charge in [-0.25, -0.2) is 4.99 Å². The van der Waals surface area contributed by atoms with Gasteiger partial charge in [0.1, 0.15) is 5.71 Å². The number of hydrogen-bond donors (Lipinski definition) is 0. The number of aryl methyl sites for hydroxylation is 1. The van der Waals surface area contributed by atoms with Gasteiger partial charge in [-0.15, -0.1) is 0 Å². The summed E-state index contributed by atoms with van der Waals surface area (Å²) in [6, 6.07) is 20.4. The first-order valence-electron chi connectivity index (χ1n) is 10.5. The SMILES string of the molecule is Cc1ccc2c(c1)C(=Nc1cccc3ccccc13)C(=O)N2CCN1CCOCC1. The third-order valence-electron chi connectivity index (χ3n) is 5.89. The first-order valence-corrected chi connectivity index (χ1v) is 10.5. The number of nitrogens with zero attached hydrogens (tertiary/aromatic N) is 3. The summed E-state index contributed by atoms with van der Waals surface area (Å²) in [6.07, 6.45) is 0. The maximum absolute atomic E-state index is 13.4. The summed E-state index contributed by atoms with van der Waals surface area (Å²) in [5.41, 5.74) is 4.38. The van der Waals surface area contributed by atoms with Crippen LogP contribution in [0.3, 0.4) is 0 Å². The van der Waals surface area contributed by atoms with Crippen LogP contribution >= 0.6 is 0 Å². The Morgan fingerprint density at radius 1 is 0.967 bits per heavy atom. The van der Waals surface area contributed by atoms with Crippen LogP contribution in [0.2, 0.25) is 0 Å². The zero-order valence-electron chi connectivity index (χ0n) is 17.2. The van der Waals surface area contributed by atoms with Crippen LogP contribution in [0.5, 0.6) is 0 Å². The van der Waals surface area contributed by atoms with Crippen molar-refractivity contribution in [3.63, 3.8) is 0 Å². The Kier molecular flexibility index (Phi) is 5.07. The number of aliphatic imine (C=N–C) groups is 1. The molecule has 0 radical (unpaired) electrons. The standard InChI is InChI=1S/C25H25N3O2/c1-18-9-10-23-21(17-18)24(25(29)28(23)12-11-27-13-15-30-16-14-27)26-22-8-4-6-19-5-2-3-7-20(19)22/h2-10,17H,11-16H2,1H3. The molecule has 1 amide bonds. The average molecular weight is 399 g/mol. The minimum absolute atomic E-state index is 0.0169. The molecule has 0 aliphatic carbocycles. The fourth-order valence-electron chi connectivity index (χ4n) is 4.25. The number of benzene rings is 3. The Bertz CT molecular complexity index is 1130. The van der Waals surface area contributed by atoms with E-state index in [9.17, 15) is 4.79 Å². The fraction of sp³-hybridized carbons (Fsp3) is 0.280. The van der Waals surface area contributed by atoms with E-state index in [0.717, 1.165) is 66.1 Å². The monoisotopic (exact) mass is 399 g/mol. The molecule has 5 rings (SSSR count). The molecule has 2 heterocycles. The van der Waals surface area contributed by atoms with Crippen LogP contribution in [0.4, 0.5) is 11.4 Å². The molecule has 1 fully saturated rings. The number of anilines is 1. The van der Waals surface area contributed by atoms with E-state index in [1.54, 1.807) is 0 Å². The molecule has 0 aromatic heterocycles. The van der Waals surface area contributed by atoms with Crippen molar-refractivity contribution in [3.8, 4) is 0 Å². The zero-order valence-corrected chi connectivity index (χ0v) is 17.2. The second-order valence-electron chi connectivity index (χ2n) is 7.89. The molecule has 2 aliphatic rings. The molecule has 0 bridgehead atoms. The lowest BCUT2D eigenvalue weighted by molar-refractivity contribution is -0.112. The van der Waals surface area contributed by atoms with Crippen LogP contribution in [0.25, 0.3) is 10.8 Å². The lowest BCUT2D eigenvalue weighted by Gasteiger charge is -2.28. The smallest absolute Gasteiger partial charge is 0.277 e. The van der Waals surface area contributed by atoms with Crippen molar-refractivity contribution in [2.24, 2.45) is 4.99 Å². The molecule has 5 heteroatoms. The summed E-state index contributed by atoms with van der Waals surface area (Å²) in [7, 11) is 0. The summed E-state index contributed by atoms with van der Waals surface area (Å²) in [5.74, 6) is -0.0169. The number of carbonyl (C=O) groups is 1. The molecular weight excluding hydrogens is 374 g/mol. The van der Waals surface area contributed by atoms with Gasteiger partial charge < -0.3 is 9.64 Å². The maximum atomic E-state index is 13.4. The molecule has 0 spiro atoms. The van der Waals surface area contributed by atoms with Gasteiger partial charge in [-0.2, -0.15) is 0 Å². The van der Waals surface area contributed by atoms with Gasteiger partial charge >= 0.3 is 0 Å². The number of carbonyl (C=O) groups excluding carboxylic acids is 1. The fourth-order valence-corrected chi connectivity index (χ4v) is 4.25. The number of rotatable bonds is 4. The quantitative estimate of drug-likeness (QED) is 0.667. The third-order valence-corrected chi connectivity index (χ3v) is 5.89. The molecule has 0 N–H and O–H groups in total. The van der Waals surface area contributed by atoms with Gasteiger partial charge in [-0.1, -0.05) is 48.0 Å². The van der Waals surface area contributed by atoms with Crippen molar-refractivity contribution in [1.29, 1.82) is 0 Å². The van der Waals surface area contributed by atoms with Crippen LogP contribution in [-0.4, -0.2) is 55.9 Å². The molecule has 5 nitrogen and oxygen atoms in total. The van der Waals surface area contributed by atoms with Gasteiger partial charge in [-0.05, 0) is 30.5 Å². The first kappa shape index (κ1) is 19.0. The van der Waals surface area contributed by atoms with E-state index >= 15 is 0 Å². The van der Waals surface area contributed by atoms with Crippen LogP contribution in [-0.2, 0) is 9.53 Å². The van der Waals surface area contributed by atoms with E-state index in [1.165, 1.54) is 0 Å². The Morgan fingerprint density at radius 2 is 1.77 bits per heavy atom. The highest BCUT2D eigenvalue weighted by molar-refractivity contribution is 6.54. The van der Waals surface area contributed by atoms with Gasteiger partial charge in [-0.3, -0.25) is 9.69 Å². The van der Waals surface area contributed by atoms with Crippen molar-refractivity contribution in [2.75, 3.05) is 44.3 Å². The van der Waals surface area contributed by atoms with Gasteiger partial charge in [0.2, 0.25) is 0 Å². The second-order valence-corrected chi connectivity index (χ2v) is 7.89. The normalized spacial score (nSPS) is 18.4. The molecule has 3 aromatic rings. The summed E-state index contributed by atoms with van der Waals surface area (Å²) >= 11 is 0. The highest BCUT2D eigenvalue weighted by atomic mass is 16.5. The topological polar surface area (TPSA) is 45.1 Å². The van der Waals surface area contributed by atoms with E-state index in [1.807, 2.05) is 35.2 Å². The highest BCUT2D eigenvalue weighted by Crippen LogP contribution is 2.33. The molecule has 0 saturated carbocycles. The van der Waals surface area contributed by atoms with Crippen LogP contribution in [0.15, 0.2) is 65.7 Å². The summed E-state index contributed by atoms with van der Waals surface area (Å²) in [6.45, 7) is 6.90. The van der Waals surface area contributed by atoms with Crippen molar-refractivity contribution in [3.05, 3.63) is 71.8 Å². The Balaban J connectivity index is 1.51. The zero-order chi connectivity index (χ0) is 20.5. The van der Waals surface area contributed by atoms with Gasteiger partial charge in [0.15, 0.2) is 0 Å². The van der Waals surface area contributed by atoms with Crippen molar-refractivity contribution >= 4 is 33.8 Å². The highest BCUT2D eigenvalue weighted by Gasteiger charge is 2.34. The van der Waals surface area contributed by atoms with E-state index in [4.69, 9.17) is 9.73 Å². The van der Waals surface area contributed by atoms with Crippen molar-refractivity contribution < 1.29 is 9.53 Å². The Hall–Kier alpha value is -3.02. The van der Waals surface area contributed by atoms with Gasteiger partial charge in [0.25, 0.3) is 5.91 Å². The maximum Gasteiger partial charge on any atom is 0.277 e. The van der Waals surface area contributed by atoms with Crippen molar-refractivity contribution in [1.82, 2.24) is 4.90 Å². The lowest BCUT2D eigenvalue weighted by atomic mass is 10.1. The number of hydrogen-bond acceptors (Lipinski definition) is 4. The van der Waals surface area contributed by atoms with E-state index in [2.05, 4.69) is 42.2 Å². The minimum Gasteiger partial charge on any atom is -0.379 e. The second kappa shape index (κ2) is 8.01. The average Bonchev–Trinajstić information content (AvgIpc) is 3.03. The van der Waals surface area contributed by atoms with Crippen molar-refractivity contribution in [2.45, 2.75) is 6.92 Å². The number of morpholine rings is 1. The van der Waals surface area contributed by atoms with Crippen LogP contribution in [0, 0.1) is 6.92 Å². The number of ether oxygens (including phenoxy) is 1. The van der Waals surface area contributed by atoms with E-state index in [-0.39, 0.29) is 5.91 Å². The molecule has 30 heavy (non-hydrogen) atoms. The molecule has 152 valence electrons. The van der Waals surface area contributed by atoms with Crippen LogP contribution in [0.1, 0.15) is 11.1 Å². The number of amides is 1. The third kappa shape index (κ3) is 3.51. The molecular formula is C25H25N3O2. The molecule has 0 atom stereocenters. The molecule has 3 aromatic carbocycles. The van der Waals surface area contributed by atoms with Gasteiger partial charge in [0.05, 0.1) is 24.6 Å². The van der Waals surface area contributed by atoms with E-state index in [0.29, 0.717) is 12.3 Å². The first-order chi connectivity index (χ1) is 14.7. The molecule has 2 aliphatic heterocycles. The largest absolute Gasteiger partial charge is 0.379 e. The molecule has 1 saturated heterocycles.